The smallest absolute Gasteiger partial charge is 0.252 e. The monoisotopic (exact) mass is 428 g/mol. The Kier molecular flexibility index (Phi) is 6.51. The van der Waals surface area contributed by atoms with E-state index in [0.717, 1.165) is 5.56 Å². The van der Waals surface area contributed by atoms with Gasteiger partial charge in [-0.1, -0.05) is 54.1 Å². The van der Waals surface area contributed by atoms with E-state index in [1.54, 1.807) is 19.4 Å². The number of carbonyl (C=O) groups is 1. The highest BCUT2D eigenvalue weighted by Crippen LogP contribution is 2.28. The lowest BCUT2D eigenvalue weighted by molar-refractivity contribution is 0.0947. The maximum atomic E-state index is 12.8. The van der Waals surface area contributed by atoms with Crippen LogP contribution < -0.4 is 14.8 Å². The maximum absolute atomic E-state index is 12.8. The predicted molar refractivity (Wildman–Crippen MR) is 123 cm³/mol. The van der Waals surface area contributed by atoms with Crippen molar-refractivity contribution in [2.45, 2.75) is 6.92 Å². The summed E-state index contributed by atoms with van der Waals surface area (Å²) in [5, 5.41) is 2.89. The second-order valence-electron chi connectivity index (χ2n) is 7.20. The van der Waals surface area contributed by atoms with Crippen molar-refractivity contribution in [3.05, 3.63) is 90.1 Å². The number of aryl methyl sites for hydroxylation is 1. The van der Waals surface area contributed by atoms with Crippen LogP contribution in [0.15, 0.2) is 83.4 Å². The van der Waals surface area contributed by atoms with Crippen LogP contribution in [0.3, 0.4) is 0 Å². The van der Waals surface area contributed by atoms with Gasteiger partial charge in [-0.15, -0.1) is 0 Å². The third-order valence-corrected chi connectivity index (χ3v) is 4.96. The summed E-state index contributed by atoms with van der Waals surface area (Å²) in [6.45, 7) is 2.68. The number of nitrogens with zero attached hydrogens (tertiary/aromatic N) is 1. The normalized spacial score (nSPS) is 10.6. The van der Waals surface area contributed by atoms with Gasteiger partial charge in [-0.05, 0) is 31.2 Å². The Balaban J connectivity index is 1.43. The van der Waals surface area contributed by atoms with Crippen molar-refractivity contribution in [2.24, 2.45) is 0 Å². The molecule has 1 N–H and O–H groups in total. The van der Waals surface area contributed by atoms with Crippen LogP contribution in [-0.2, 0) is 0 Å². The minimum absolute atomic E-state index is 0.223. The summed E-state index contributed by atoms with van der Waals surface area (Å²) in [6.07, 6.45) is 1.68. The lowest BCUT2D eigenvalue weighted by Crippen LogP contribution is -2.28. The third-order valence-electron chi connectivity index (χ3n) is 4.96. The molecule has 0 bridgehead atoms. The summed E-state index contributed by atoms with van der Waals surface area (Å²) in [5.74, 6) is 2.11. The van der Waals surface area contributed by atoms with Gasteiger partial charge >= 0.3 is 0 Å². The molecule has 0 aliphatic rings. The Bertz CT molecular complexity index is 1200. The summed E-state index contributed by atoms with van der Waals surface area (Å²) in [7, 11) is 1.59. The minimum Gasteiger partial charge on any atom is -0.493 e. The van der Waals surface area contributed by atoms with E-state index in [1.165, 1.54) is 5.56 Å². The molecule has 1 amide bonds. The fourth-order valence-electron chi connectivity index (χ4n) is 3.28. The van der Waals surface area contributed by atoms with E-state index in [1.807, 2.05) is 73.7 Å². The van der Waals surface area contributed by atoms with Gasteiger partial charge in [0.1, 0.15) is 6.61 Å². The molecule has 1 aromatic heterocycles. The molecule has 0 unspecified atom stereocenters. The highest BCUT2D eigenvalue weighted by atomic mass is 16.5. The van der Waals surface area contributed by atoms with Crippen molar-refractivity contribution in [1.82, 2.24) is 10.3 Å². The van der Waals surface area contributed by atoms with Crippen molar-refractivity contribution >= 4 is 5.91 Å². The Labute approximate surface area is 186 Å². The van der Waals surface area contributed by atoms with E-state index < -0.39 is 0 Å². The summed E-state index contributed by atoms with van der Waals surface area (Å²) >= 11 is 0. The first-order chi connectivity index (χ1) is 15.7. The lowest BCUT2D eigenvalue weighted by atomic mass is 10.1. The number of carbonyl (C=O) groups excluding carboxylic acids is 1. The number of para-hydroxylation sites is 2. The van der Waals surface area contributed by atoms with Crippen LogP contribution in [0, 0.1) is 6.92 Å². The molecule has 0 saturated carbocycles. The topological polar surface area (TPSA) is 73.6 Å². The number of methoxy groups -OCH3 is 1. The first-order valence-corrected chi connectivity index (χ1v) is 10.3. The highest BCUT2D eigenvalue weighted by molar-refractivity contribution is 6.00. The van der Waals surface area contributed by atoms with E-state index >= 15 is 0 Å². The Morgan fingerprint density at radius 1 is 0.969 bits per heavy atom. The van der Waals surface area contributed by atoms with Crippen molar-refractivity contribution < 1.29 is 18.7 Å². The SMILES string of the molecule is COc1ccccc1OCCNC(=O)c1ccccc1-c1ncc(-c2ccc(C)cc2)o1. The van der Waals surface area contributed by atoms with Crippen LogP contribution >= 0.6 is 0 Å². The molecule has 4 aromatic rings. The molecule has 6 nitrogen and oxygen atoms in total. The van der Waals surface area contributed by atoms with E-state index in [0.29, 0.717) is 47.4 Å². The summed E-state index contributed by atoms with van der Waals surface area (Å²) in [4.78, 5) is 17.2. The molecule has 0 radical (unpaired) electrons. The van der Waals surface area contributed by atoms with Crippen LogP contribution in [0.2, 0.25) is 0 Å². The molecule has 4 rings (SSSR count). The first kappa shape index (κ1) is 21.2. The number of rotatable bonds is 8. The number of ether oxygens (including phenoxy) is 2. The molecule has 32 heavy (non-hydrogen) atoms. The molecule has 162 valence electrons. The standard InChI is InChI=1S/C26H24N2O4/c1-18-11-13-19(14-12-18)24-17-28-26(32-24)21-8-4-3-7-20(21)25(29)27-15-16-31-23-10-6-5-9-22(23)30-2/h3-14,17H,15-16H2,1-2H3,(H,27,29). The van der Waals surface area contributed by atoms with Gasteiger partial charge in [0.15, 0.2) is 17.3 Å². The van der Waals surface area contributed by atoms with Crippen LogP contribution in [-0.4, -0.2) is 31.2 Å². The molecular weight excluding hydrogens is 404 g/mol. The number of oxazole rings is 1. The largest absolute Gasteiger partial charge is 0.493 e. The minimum atomic E-state index is -0.223. The second kappa shape index (κ2) is 9.83. The van der Waals surface area contributed by atoms with Gasteiger partial charge < -0.3 is 19.2 Å². The molecular formula is C26H24N2O4. The fourth-order valence-corrected chi connectivity index (χ4v) is 3.28. The number of hydrogen-bond acceptors (Lipinski definition) is 5. The summed E-state index contributed by atoms with van der Waals surface area (Å²) in [6, 6.07) is 22.6. The lowest BCUT2D eigenvalue weighted by Gasteiger charge is -2.11. The molecule has 0 fully saturated rings. The molecule has 6 heteroatoms. The van der Waals surface area contributed by atoms with Gasteiger partial charge in [0.2, 0.25) is 5.89 Å². The van der Waals surface area contributed by atoms with Crippen LogP contribution in [0.4, 0.5) is 0 Å². The van der Waals surface area contributed by atoms with Crippen LogP contribution in [0.5, 0.6) is 11.5 Å². The highest BCUT2D eigenvalue weighted by Gasteiger charge is 2.17. The molecule has 0 atom stereocenters. The van der Waals surface area contributed by atoms with Gasteiger partial charge in [-0.3, -0.25) is 4.79 Å². The number of aromatic nitrogens is 1. The number of nitrogens with one attached hydrogen (secondary N) is 1. The average molecular weight is 428 g/mol. The maximum Gasteiger partial charge on any atom is 0.252 e. The van der Waals surface area contributed by atoms with Crippen LogP contribution in [0.25, 0.3) is 22.8 Å². The molecule has 3 aromatic carbocycles. The average Bonchev–Trinajstić information content (AvgIpc) is 3.32. The van der Waals surface area contributed by atoms with Crippen molar-refractivity contribution in [3.8, 4) is 34.3 Å². The Morgan fingerprint density at radius 3 is 2.47 bits per heavy atom. The molecule has 0 saturated heterocycles. The van der Waals surface area contributed by atoms with Gasteiger partial charge in [0.05, 0.1) is 25.4 Å². The molecule has 0 spiro atoms. The molecule has 0 aliphatic heterocycles. The first-order valence-electron chi connectivity index (χ1n) is 10.3. The Hall–Kier alpha value is -4.06. The quantitative estimate of drug-likeness (QED) is 0.394. The third kappa shape index (κ3) is 4.81. The Morgan fingerprint density at radius 2 is 1.69 bits per heavy atom. The van der Waals surface area contributed by atoms with Gasteiger partial charge in [0.25, 0.3) is 5.91 Å². The van der Waals surface area contributed by atoms with E-state index in [9.17, 15) is 4.79 Å². The molecule has 0 aliphatic carbocycles. The zero-order chi connectivity index (χ0) is 22.3. The fraction of sp³-hybridized carbons (Fsp3) is 0.154. The van der Waals surface area contributed by atoms with Crippen LogP contribution in [0.1, 0.15) is 15.9 Å². The zero-order valence-corrected chi connectivity index (χ0v) is 18.0. The predicted octanol–water partition coefficient (Wildman–Crippen LogP) is 5.13. The number of hydrogen-bond donors (Lipinski definition) is 1. The van der Waals surface area contributed by atoms with Gasteiger partial charge in [0, 0.05) is 11.1 Å². The van der Waals surface area contributed by atoms with Gasteiger partial charge in [-0.2, -0.15) is 0 Å². The van der Waals surface area contributed by atoms with Gasteiger partial charge in [-0.25, -0.2) is 4.98 Å². The van der Waals surface area contributed by atoms with Crippen molar-refractivity contribution in [2.75, 3.05) is 20.3 Å². The van der Waals surface area contributed by atoms with E-state index in [-0.39, 0.29) is 5.91 Å². The van der Waals surface area contributed by atoms with Crippen molar-refractivity contribution in [3.63, 3.8) is 0 Å². The number of benzene rings is 3. The van der Waals surface area contributed by atoms with E-state index in [2.05, 4.69) is 10.3 Å². The van der Waals surface area contributed by atoms with Crippen molar-refractivity contribution in [1.29, 1.82) is 0 Å². The number of amides is 1. The second-order valence-corrected chi connectivity index (χ2v) is 7.20. The summed E-state index contributed by atoms with van der Waals surface area (Å²) in [5.41, 5.74) is 3.23. The van der Waals surface area contributed by atoms with E-state index in [4.69, 9.17) is 13.9 Å². The summed E-state index contributed by atoms with van der Waals surface area (Å²) < 4.78 is 17.0. The molecule has 1 heterocycles. The zero-order valence-electron chi connectivity index (χ0n) is 18.0.